The number of nitrogens with one attached hydrogen (secondary N) is 1. The maximum Gasteiger partial charge on any atom is 0.259 e. The van der Waals surface area contributed by atoms with Crippen molar-refractivity contribution in [1.29, 1.82) is 0 Å². The number of hydrogen-bond acceptors (Lipinski definition) is 4. The average molecular weight is 263 g/mol. The third-order valence-electron chi connectivity index (χ3n) is 3.90. The largest absolute Gasteiger partial charge is 0.383 e. The van der Waals surface area contributed by atoms with Gasteiger partial charge in [0.05, 0.1) is 12.2 Å². The van der Waals surface area contributed by atoms with E-state index < -0.39 is 0 Å². The van der Waals surface area contributed by atoms with Crippen LogP contribution in [0.1, 0.15) is 29.6 Å². The summed E-state index contributed by atoms with van der Waals surface area (Å²) in [5.74, 6) is 0.396. The second-order valence-electron chi connectivity index (χ2n) is 5.08. The van der Waals surface area contributed by atoms with Crippen LogP contribution in [0, 0.1) is 0 Å². The molecule has 3 N–H and O–H groups in total. The zero-order chi connectivity index (χ0) is 13.4. The number of rotatable bonds is 2. The fourth-order valence-electron chi connectivity index (χ4n) is 2.87. The number of carbonyl (C=O) groups excluding carboxylic acids is 2. The highest BCUT2D eigenvalue weighted by atomic mass is 16.2. The lowest BCUT2D eigenvalue weighted by Gasteiger charge is -2.24. The van der Waals surface area contributed by atoms with Crippen LogP contribution in [0.4, 0.5) is 5.82 Å². The Morgan fingerprint density at radius 3 is 2.95 bits per heavy atom. The van der Waals surface area contributed by atoms with E-state index in [4.69, 9.17) is 5.73 Å². The molecule has 0 aromatic carbocycles. The normalized spacial score (nSPS) is 23.4. The minimum atomic E-state index is -0.111. The van der Waals surface area contributed by atoms with E-state index in [-0.39, 0.29) is 17.9 Å². The molecule has 2 aliphatic rings. The number of nitrogens with zero attached hydrogens (tertiary/aromatic N) is 3. The fraction of sp³-hybridized carbons (Fsp3) is 0.583. The van der Waals surface area contributed by atoms with Crippen molar-refractivity contribution < 1.29 is 9.59 Å². The van der Waals surface area contributed by atoms with Gasteiger partial charge in [0.15, 0.2) is 0 Å². The number of likely N-dealkylation sites (tertiary alicyclic amines) is 2. The van der Waals surface area contributed by atoms with Crippen molar-refractivity contribution in [1.82, 2.24) is 20.0 Å². The number of amides is 2. The Bertz CT molecular complexity index is 512. The number of carbonyl (C=O) groups is 2. The van der Waals surface area contributed by atoms with Crippen LogP contribution in [0.2, 0.25) is 0 Å². The molecule has 0 saturated carbocycles. The molecule has 0 radical (unpaired) electrons. The van der Waals surface area contributed by atoms with Crippen molar-refractivity contribution in [2.75, 3.05) is 25.4 Å². The van der Waals surface area contributed by atoms with Gasteiger partial charge >= 0.3 is 0 Å². The van der Waals surface area contributed by atoms with E-state index in [1.54, 1.807) is 4.90 Å². The highest BCUT2D eigenvalue weighted by Gasteiger charge is 2.35. The minimum Gasteiger partial charge on any atom is -0.383 e. The predicted molar refractivity (Wildman–Crippen MR) is 68.3 cm³/mol. The predicted octanol–water partition coefficient (Wildman–Crippen LogP) is -0.171. The topological polar surface area (TPSA) is 95.3 Å². The van der Waals surface area contributed by atoms with Gasteiger partial charge in [0.1, 0.15) is 11.4 Å². The number of aromatic amines is 1. The molecule has 2 amide bonds. The molecule has 3 rings (SSSR count). The van der Waals surface area contributed by atoms with Gasteiger partial charge in [0, 0.05) is 26.1 Å². The molecular formula is C12H17N5O2. The number of nitrogen functional groups attached to an aromatic ring is 1. The summed E-state index contributed by atoms with van der Waals surface area (Å²) in [6, 6.07) is 0.159. The zero-order valence-corrected chi connectivity index (χ0v) is 10.6. The first kappa shape index (κ1) is 12.0. The van der Waals surface area contributed by atoms with E-state index in [1.807, 2.05) is 4.90 Å². The monoisotopic (exact) mass is 263 g/mol. The van der Waals surface area contributed by atoms with Crippen molar-refractivity contribution in [3.05, 3.63) is 11.8 Å². The van der Waals surface area contributed by atoms with Gasteiger partial charge in [-0.25, -0.2) is 0 Å². The molecule has 1 unspecified atom stereocenters. The molecule has 0 spiro atoms. The standard InChI is InChI=1S/C12H17N5O2/c13-11-9(6-14-15-11)12(19)16-5-3-8(7-16)17-4-1-2-10(17)18/h6,8H,1-5,7H2,(H3,13,14,15). The molecule has 19 heavy (non-hydrogen) atoms. The van der Waals surface area contributed by atoms with Gasteiger partial charge in [-0.1, -0.05) is 0 Å². The van der Waals surface area contributed by atoms with Crippen LogP contribution in [-0.2, 0) is 4.79 Å². The first-order valence-electron chi connectivity index (χ1n) is 6.54. The van der Waals surface area contributed by atoms with Crippen LogP contribution < -0.4 is 5.73 Å². The molecule has 0 aliphatic carbocycles. The minimum absolute atomic E-state index is 0.111. The third kappa shape index (κ3) is 2.05. The molecule has 7 nitrogen and oxygen atoms in total. The first-order chi connectivity index (χ1) is 9.16. The Labute approximate surface area is 110 Å². The smallest absolute Gasteiger partial charge is 0.259 e. The second kappa shape index (κ2) is 4.56. The average Bonchev–Trinajstić information content (AvgIpc) is 3.08. The highest BCUT2D eigenvalue weighted by molar-refractivity contribution is 5.98. The third-order valence-corrected chi connectivity index (χ3v) is 3.90. The van der Waals surface area contributed by atoms with Crippen LogP contribution in [-0.4, -0.2) is 57.5 Å². The van der Waals surface area contributed by atoms with E-state index in [2.05, 4.69) is 10.2 Å². The molecule has 3 heterocycles. The quantitative estimate of drug-likeness (QED) is 0.774. The van der Waals surface area contributed by atoms with Crippen molar-refractivity contribution in [2.24, 2.45) is 0 Å². The van der Waals surface area contributed by atoms with E-state index >= 15 is 0 Å². The molecule has 0 bridgehead atoms. The van der Waals surface area contributed by atoms with Crippen molar-refractivity contribution >= 4 is 17.6 Å². The lowest BCUT2D eigenvalue weighted by atomic mass is 10.2. The Morgan fingerprint density at radius 1 is 1.47 bits per heavy atom. The summed E-state index contributed by atoms with van der Waals surface area (Å²) in [5.41, 5.74) is 6.07. The van der Waals surface area contributed by atoms with Gasteiger partial charge in [-0.3, -0.25) is 14.7 Å². The number of H-pyrrole nitrogens is 1. The van der Waals surface area contributed by atoms with Crippen LogP contribution in [0.25, 0.3) is 0 Å². The summed E-state index contributed by atoms with van der Waals surface area (Å²) in [6.45, 7) is 2.08. The van der Waals surface area contributed by atoms with E-state index in [0.29, 0.717) is 30.9 Å². The highest BCUT2D eigenvalue weighted by Crippen LogP contribution is 2.23. The van der Waals surface area contributed by atoms with Gasteiger partial charge in [-0.05, 0) is 12.8 Å². The second-order valence-corrected chi connectivity index (χ2v) is 5.08. The van der Waals surface area contributed by atoms with Crippen molar-refractivity contribution in [3.8, 4) is 0 Å². The van der Waals surface area contributed by atoms with Gasteiger partial charge < -0.3 is 15.5 Å². The Balaban J connectivity index is 1.67. The number of hydrogen-bond donors (Lipinski definition) is 2. The summed E-state index contributed by atoms with van der Waals surface area (Å²) in [5, 5.41) is 6.32. The molecule has 2 fully saturated rings. The van der Waals surface area contributed by atoms with Crippen LogP contribution >= 0.6 is 0 Å². The molecule has 2 saturated heterocycles. The van der Waals surface area contributed by atoms with Gasteiger partial charge in [-0.15, -0.1) is 0 Å². The molecule has 1 atom stereocenters. The summed E-state index contributed by atoms with van der Waals surface area (Å²) in [4.78, 5) is 27.6. The Morgan fingerprint density at radius 2 is 2.32 bits per heavy atom. The maximum absolute atomic E-state index is 12.3. The van der Waals surface area contributed by atoms with Crippen molar-refractivity contribution in [3.63, 3.8) is 0 Å². The number of aromatic nitrogens is 2. The van der Waals surface area contributed by atoms with Crippen molar-refractivity contribution in [2.45, 2.75) is 25.3 Å². The number of anilines is 1. The molecule has 2 aliphatic heterocycles. The lowest BCUT2D eigenvalue weighted by molar-refractivity contribution is -0.129. The summed E-state index contributed by atoms with van der Waals surface area (Å²) < 4.78 is 0. The van der Waals surface area contributed by atoms with E-state index in [0.717, 1.165) is 19.4 Å². The SMILES string of the molecule is Nc1[nH]ncc1C(=O)N1CCC(N2CCCC2=O)C1. The van der Waals surface area contributed by atoms with E-state index in [1.165, 1.54) is 6.20 Å². The van der Waals surface area contributed by atoms with Gasteiger partial charge in [0.2, 0.25) is 5.91 Å². The fourth-order valence-corrected chi connectivity index (χ4v) is 2.87. The Kier molecular flexibility index (Phi) is 2.88. The summed E-state index contributed by atoms with van der Waals surface area (Å²) in [6.07, 6.45) is 3.86. The molecule has 1 aromatic rings. The van der Waals surface area contributed by atoms with Crippen LogP contribution in [0.3, 0.4) is 0 Å². The van der Waals surface area contributed by atoms with Crippen LogP contribution in [0.5, 0.6) is 0 Å². The molecule has 1 aromatic heterocycles. The van der Waals surface area contributed by atoms with Gasteiger partial charge in [0.25, 0.3) is 5.91 Å². The van der Waals surface area contributed by atoms with Gasteiger partial charge in [-0.2, -0.15) is 5.10 Å². The molecule has 7 heteroatoms. The first-order valence-corrected chi connectivity index (χ1v) is 6.54. The lowest BCUT2D eigenvalue weighted by Crippen LogP contribution is -2.39. The molecular weight excluding hydrogens is 246 g/mol. The summed E-state index contributed by atoms with van der Waals surface area (Å²) >= 11 is 0. The van der Waals surface area contributed by atoms with E-state index in [9.17, 15) is 9.59 Å². The van der Waals surface area contributed by atoms with Crippen LogP contribution in [0.15, 0.2) is 6.20 Å². The summed E-state index contributed by atoms with van der Waals surface area (Å²) in [7, 11) is 0. The molecule has 102 valence electrons. The Hall–Kier alpha value is -2.05. The maximum atomic E-state index is 12.3. The number of nitrogens with two attached hydrogens (primary N) is 1. The zero-order valence-electron chi connectivity index (χ0n) is 10.6.